The number of rotatable bonds is 3. The molecule has 1 fully saturated rings. The molecule has 0 bridgehead atoms. The van der Waals surface area contributed by atoms with Crippen LogP contribution in [0, 0.1) is 5.92 Å². The van der Waals surface area contributed by atoms with E-state index >= 15 is 0 Å². The lowest BCUT2D eigenvalue weighted by Gasteiger charge is -2.30. The van der Waals surface area contributed by atoms with Gasteiger partial charge >= 0.3 is 0 Å². The van der Waals surface area contributed by atoms with Gasteiger partial charge < -0.3 is 10.2 Å². The molecule has 28 heavy (non-hydrogen) atoms. The number of likely N-dealkylation sites (tertiary alicyclic amines) is 1. The van der Waals surface area contributed by atoms with Crippen molar-refractivity contribution in [2.75, 3.05) is 18.4 Å². The van der Waals surface area contributed by atoms with E-state index in [1.165, 1.54) is 12.4 Å². The SMILES string of the molecule is CC1CCCN(C(=O)c2cncc(C(=O)Nc3cccc4cccnc34)c2)C1. The van der Waals surface area contributed by atoms with Gasteiger partial charge in [-0.1, -0.05) is 25.1 Å². The zero-order valence-corrected chi connectivity index (χ0v) is 15.8. The molecule has 142 valence electrons. The lowest BCUT2D eigenvalue weighted by atomic mass is 9.99. The molecule has 6 heteroatoms. The molecule has 1 aliphatic heterocycles. The molecule has 1 N–H and O–H groups in total. The van der Waals surface area contributed by atoms with Crippen LogP contribution in [0.15, 0.2) is 55.0 Å². The molecule has 2 aromatic heterocycles. The van der Waals surface area contributed by atoms with Gasteiger partial charge in [-0.2, -0.15) is 0 Å². The Hall–Kier alpha value is -3.28. The summed E-state index contributed by atoms with van der Waals surface area (Å²) in [6.07, 6.45) is 6.85. The van der Waals surface area contributed by atoms with Crippen molar-refractivity contribution in [3.63, 3.8) is 0 Å². The van der Waals surface area contributed by atoms with Crippen LogP contribution in [-0.2, 0) is 0 Å². The molecule has 0 spiro atoms. The number of para-hydroxylation sites is 1. The number of aromatic nitrogens is 2. The minimum atomic E-state index is -0.313. The van der Waals surface area contributed by atoms with Crippen LogP contribution in [0.5, 0.6) is 0 Å². The summed E-state index contributed by atoms with van der Waals surface area (Å²) in [4.78, 5) is 35.9. The van der Waals surface area contributed by atoms with Crippen LogP contribution in [0.1, 0.15) is 40.5 Å². The van der Waals surface area contributed by atoms with Crippen LogP contribution >= 0.6 is 0 Å². The summed E-state index contributed by atoms with van der Waals surface area (Å²) in [6, 6.07) is 11.0. The van der Waals surface area contributed by atoms with E-state index in [9.17, 15) is 9.59 Å². The molecule has 1 unspecified atom stereocenters. The normalized spacial score (nSPS) is 16.8. The highest BCUT2D eigenvalue weighted by Crippen LogP contribution is 2.22. The van der Waals surface area contributed by atoms with Gasteiger partial charge in [0, 0.05) is 37.1 Å². The molecule has 6 nitrogen and oxygen atoms in total. The number of nitrogens with zero attached hydrogens (tertiary/aromatic N) is 3. The Labute approximate surface area is 163 Å². The predicted molar refractivity (Wildman–Crippen MR) is 108 cm³/mol. The van der Waals surface area contributed by atoms with Gasteiger partial charge in [-0.3, -0.25) is 19.6 Å². The second-order valence-corrected chi connectivity index (χ2v) is 7.30. The summed E-state index contributed by atoms with van der Waals surface area (Å²) in [5, 5.41) is 3.83. The average Bonchev–Trinajstić information content (AvgIpc) is 2.73. The first-order valence-electron chi connectivity index (χ1n) is 9.51. The summed E-state index contributed by atoms with van der Waals surface area (Å²) >= 11 is 0. The number of pyridine rings is 2. The maximum Gasteiger partial charge on any atom is 0.257 e. The molecule has 4 rings (SSSR count). The van der Waals surface area contributed by atoms with Crippen molar-refractivity contribution in [1.82, 2.24) is 14.9 Å². The fourth-order valence-electron chi connectivity index (χ4n) is 3.64. The fraction of sp³-hybridized carbons (Fsp3) is 0.273. The first-order valence-corrected chi connectivity index (χ1v) is 9.51. The highest BCUT2D eigenvalue weighted by atomic mass is 16.2. The molecule has 3 aromatic rings. The second-order valence-electron chi connectivity index (χ2n) is 7.30. The van der Waals surface area contributed by atoms with E-state index in [0.717, 1.165) is 36.8 Å². The van der Waals surface area contributed by atoms with Crippen LogP contribution in [0.3, 0.4) is 0 Å². The third-order valence-corrected chi connectivity index (χ3v) is 5.07. The minimum absolute atomic E-state index is 0.0690. The number of hydrogen-bond donors (Lipinski definition) is 1. The molecule has 0 aliphatic carbocycles. The Kier molecular flexibility index (Phi) is 5.02. The highest BCUT2D eigenvalue weighted by Gasteiger charge is 2.23. The Bertz CT molecular complexity index is 1030. The first kappa shape index (κ1) is 18.1. The van der Waals surface area contributed by atoms with Crippen molar-refractivity contribution in [2.45, 2.75) is 19.8 Å². The Balaban J connectivity index is 1.55. The third-order valence-electron chi connectivity index (χ3n) is 5.07. The maximum atomic E-state index is 12.8. The third kappa shape index (κ3) is 3.71. The fourth-order valence-corrected chi connectivity index (χ4v) is 3.64. The smallest absolute Gasteiger partial charge is 0.257 e. The lowest BCUT2D eigenvalue weighted by molar-refractivity contribution is 0.0682. The summed E-state index contributed by atoms with van der Waals surface area (Å²) < 4.78 is 0. The number of piperidine rings is 1. The van der Waals surface area contributed by atoms with Gasteiger partial charge in [0.15, 0.2) is 0 Å². The van der Waals surface area contributed by atoms with Crippen molar-refractivity contribution in [2.24, 2.45) is 5.92 Å². The highest BCUT2D eigenvalue weighted by molar-refractivity contribution is 6.09. The number of amides is 2. The number of carbonyl (C=O) groups is 2. The van der Waals surface area contributed by atoms with Crippen molar-refractivity contribution >= 4 is 28.4 Å². The minimum Gasteiger partial charge on any atom is -0.338 e. The molecular formula is C22H22N4O2. The standard InChI is InChI=1S/C22H22N4O2/c1-15-5-4-10-26(14-15)22(28)18-11-17(12-23-13-18)21(27)25-19-8-2-6-16-7-3-9-24-20(16)19/h2-3,6-9,11-13,15H,4-5,10,14H2,1H3,(H,25,27). The van der Waals surface area contributed by atoms with E-state index in [2.05, 4.69) is 22.2 Å². The molecule has 1 saturated heterocycles. The van der Waals surface area contributed by atoms with Crippen molar-refractivity contribution in [1.29, 1.82) is 0 Å². The number of carbonyl (C=O) groups excluding carboxylic acids is 2. The van der Waals surface area contributed by atoms with Crippen molar-refractivity contribution < 1.29 is 9.59 Å². The van der Waals surface area contributed by atoms with E-state index in [1.54, 1.807) is 12.3 Å². The molecule has 2 amide bonds. The number of nitrogens with one attached hydrogen (secondary N) is 1. The summed E-state index contributed by atoms with van der Waals surface area (Å²) in [7, 11) is 0. The molecule has 0 radical (unpaired) electrons. The first-order chi connectivity index (χ1) is 13.6. The van der Waals surface area contributed by atoms with Gasteiger partial charge in [-0.05, 0) is 37.0 Å². The van der Waals surface area contributed by atoms with E-state index in [0.29, 0.717) is 22.7 Å². The monoisotopic (exact) mass is 374 g/mol. The van der Waals surface area contributed by atoms with Gasteiger partial charge in [0.05, 0.1) is 22.3 Å². The number of fused-ring (bicyclic) bond motifs is 1. The molecule has 1 aliphatic rings. The Morgan fingerprint density at radius 3 is 2.82 bits per heavy atom. The largest absolute Gasteiger partial charge is 0.338 e. The maximum absolute atomic E-state index is 12.8. The van der Waals surface area contributed by atoms with Crippen molar-refractivity contribution in [3.8, 4) is 0 Å². The van der Waals surface area contributed by atoms with Crippen LogP contribution < -0.4 is 5.32 Å². The summed E-state index contributed by atoms with van der Waals surface area (Å²) in [5.41, 5.74) is 2.15. The number of anilines is 1. The summed E-state index contributed by atoms with van der Waals surface area (Å²) in [6.45, 7) is 3.65. The van der Waals surface area contributed by atoms with E-state index in [4.69, 9.17) is 0 Å². The van der Waals surface area contributed by atoms with E-state index in [1.807, 2.05) is 35.2 Å². The molecule has 1 aromatic carbocycles. The topological polar surface area (TPSA) is 75.2 Å². The van der Waals surface area contributed by atoms with Gasteiger partial charge in [0.2, 0.25) is 0 Å². The molecule has 1 atom stereocenters. The van der Waals surface area contributed by atoms with E-state index in [-0.39, 0.29) is 11.8 Å². The summed E-state index contributed by atoms with van der Waals surface area (Å²) in [5.74, 6) is 0.115. The lowest BCUT2D eigenvalue weighted by Crippen LogP contribution is -2.39. The van der Waals surface area contributed by atoms with Gasteiger partial charge in [0.25, 0.3) is 11.8 Å². The van der Waals surface area contributed by atoms with Crippen molar-refractivity contribution in [3.05, 3.63) is 66.1 Å². The predicted octanol–water partition coefficient (Wildman–Crippen LogP) is 3.75. The van der Waals surface area contributed by atoms with Crippen LogP contribution in [0.4, 0.5) is 5.69 Å². The molecule has 3 heterocycles. The van der Waals surface area contributed by atoms with Crippen LogP contribution in [0.25, 0.3) is 10.9 Å². The number of hydrogen-bond acceptors (Lipinski definition) is 4. The van der Waals surface area contributed by atoms with Crippen LogP contribution in [0.2, 0.25) is 0 Å². The van der Waals surface area contributed by atoms with Gasteiger partial charge in [-0.25, -0.2) is 0 Å². The quantitative estimate of drug-likeness (QED) is 0.757. The Morgan fingerprint density at radius 2 is 1.96 bits per heavy atom. The second kappa shape index (κ2) is 7.76. The zero-order chi connectivity index (χ0) is 19.5. The van der Waals surface area contributed by atoms with E-state index < -0.39 is 0 Å². The molecular weight excluding hydrogens is 352 g/mol. The van der Waals surface area contributed by atoms with Crippen LogP contribution in [-0.4, -0.2) is 39.8 Å². The zero-order valence-electron chi connectivity index (χ0n) is 15.8. The number of benzene rings is 1. The average molecular weight is 374 g/mol. The Morgan fingerprint density at radius 1 is 1.14 bits per heavy atom. The van der Waals surface area contributed by atoms with Gasteiger partial charge in [-0.15, -0.1) is 0 Å². The van der Waals surface area contributed by atoms with Gasteiger partial charge in [0.1, 0.15) is 0 Å². The molecule has 0 saturated carbocycles.